The fourth-order valence-electron chi connectivity index (χ4n) is 2.54. The molecule has 0 saturated carbocycles. The molecular formula is C15H18ClNO2. The van der Waals surface area contributed by atoms with E-state index in [-0.39, 0.29) is 5.38 Å². The first-order valence-corrected chi connectivity index (χ1v) is 7.35. The van der Waals surface area contributed by atoms with Crippen LogP contribution in [0.4, 0.5) is 0 Å². The summed E-state index contributed by atoms with van der Waals surface area (Å²) in [4.78, 5) is 4.45. The van der Waals surface area contributed by atoms with Crippen molar-refractivity contribution in [1.82, 2.24) is 4.98 Å². The normalized spacial score (nSPS) is 21.0. The SMILES string of the molecule is ClC(CCC1CCCO1)Cc1nc2ccccc2o1. The predicted molar refractivity (Wildman–Crippen MR) is 75.6 cm³/mol. The lowest BCUT2D eigenvalue weighted by atomic mass is 10.1. The van der Waals surface area contributed by atoms with E-state index in [2.05, 4.69) is 4.98 Å². The van der Waals surface area contributed by atoms with Crippen LogP contribution in [0.3, 0.4) is 0 Å². The quantitative estimate of drug-likeness (QED) is 0.778. The van der Waals surface area contributed by atoms with Gasteiger partial charge in [-0.3, -0.25) is 0 Å². The maximum absolute atomic E-state index is 6.37. The largest absolute Gasteiger partial charge is 0.441 e. The van der Waals surface area contributed by atoms with Crippen molar-refractivity contribution in [1.29, 1.82) is 0 Å². The van der Waals surface area contributed by atoms with Crippen LogP contribution in [0, 0.1) is 0 Å². The number of fused-ring (bicyclic) bond motifs is 1. The topological polar surface area (TPSA) is 35.3 Å². The summed E-state index contributed by atoms with van der Waals surface area (Å²) in [7, 11) is 0. The van der Waals surface area contributed by atoms with E-state index in [9.17, 15) is 0 Å². The third-order valence-corrected chi connectivity index (χ3v) is 3.93. The van der Waals surface area contributed by atoms with Gasteiger partial charge in [0, 0.05) is 18.4 Å². The van der Waals surface area contributed by atoms with Gasteiger partial charge in [-0.15, -0.1) is 11.6 Å². The van der Waals surface area contributed by atoms with Gasteiger partial charge in [-0.1, -0.05) is 12.1 Å². The van der Waals surface area contributed by atoms with Crippen molar-refractivity contribution in [2.24, 2.45) is 0 Å². The zero-order chi connectivity index (χ0) is 13.1. The van der Waals surface area contributed by atoms with Gasteiger partial charge in [0.2, 0.25) is 0 Å². The third-order valence-electron chi connectivity index (χ3n) is 3.56. The molecule has 19 heavy (non-hydrogen) atoms. The number of nitrogens with zero attached hydrogens (tertiary/aromatic N) is 1. The number of oxazole rings is 1. The van der Waals surface area contributed by atoms with Gasteiger partial charge in [0.25, 0.3) is 0 Å². The molecule has 1 aliphatic rings. The summed E-state index contributed by atoms with van der Waals surface area (Å²) in [5.74, 6) is 0.730. The molecule has 1 aromatic carbocycles. The summed E-state index contributed by atoms with van der Waals surface area (Å²) in [6, 6.07) is 7.80. The molecule has 0 aliphatic carbocycles. The number of hydrogen-bond acceptors (Lipinski definition) is 3. The number of para-hydroxylation sites is 2. The van der Waals surface area contributed by atoms with Crippen molar-refractivity contribution in [3.63, 3.8) is 0 Å². The molecule has 1 saturated heterocycles. The van der Waals surface area contributed by atoms with E-state index in [1.807, 2.05) is 24.3 Å². The zero-order valence-corrected chi connectivity index (χ0v) is 11.6. The maximum Gasteiger partial charge on any atom is 0.196 e. The number of ether oxygens (including phenoxy) is 1. The Kier molecular flexibility index (Phi) is 4.04. The average molecular weight is 280 g/mol. The van der Waals surface area contributed by atoms with Crippen molar-refractivity contribution >= 4 is 22.7 Å². The molecule has 0 amide bonds. The summed E-state index contributed by atoms with van der Waals surface area (Å²) in [5, 5.41) is 0.0669. The number of halogens is 1. The van der Waals surface area contributed by atoms with Crippen LogP contribution in [-0.2, 0) is 11.2 Å². The van der Waals surface area contributed by atoms with E-state index in [1.165, 1.54) is 12.8 Å². The minimum atomic E-state index is 0.0669. The van der Waals surface area contributed by atoms with E-state index in [4.69, 9.17) is 20.8 Å². The van der Waals surface area contributed by atoms with Crippen molar-refractivity contribution in [3.8, 4) is 0 Å². The average Bonchev–Trinajstić information content (AvgIpc) is 3.04. The second kappa shape index (κ2) is 5.93. The minimum Gasteiger partial charge on any atom is -0.441 e. The van der Waals surface area contributed by atoms with Crippen LogP contribution in [0.15, 0.2) is 28.7 Å². The van der Waals surface area contributed by atoms with Crippen molar-refractivity contribution < 1.29 is 9.15 Å². The molecule has 2 heterocycles. The molecule has 0 N–H and O–H groups in total. The predicted octanol–water partition coefficient (Wildman–Crippen LogP) is 3.94. The second-order valence-corrected chi connectivity index (χ2v) is 5.71. The fraction of sp³-hybridized carbons (Fsp3) is 0.533. The smallest absolute Gasteiger partial charge is 0.196 e. The summed E-state index contributed by atoms with van der Waals surface area (Å²) in [5.41, 5.74) is 1.74. The highest BCUT2D eigenvalue weighted by Gasteiger charge is 2.18. The summed E-state index contributed by atoms with van der Waals surface area (Å²) in [6.45, 7) is 0.906. The van der Waals surface area contributed by atoms with Gasteiger partial charge in [-0.25, -0.2) is 4.98 Å². The van der Waals surface area contributed by atoms with E-state index in [1.54, 1.807) is 0 Å². The molecule has 3 rings (SSSR count). The molecule has 2 aromatic rings. The van der Waals surface area contributed by atoms with Gasteiger partial charge < -0.3 is 9.15 Å². The highest BCUT2D eigenvalue weighted by atomic mass is 35.5. The van der Waals surface area contributed by atoms with Crippen molar-refractivity contribution in [3.05, 3.63) is 30.2 Å². The Bertz CT molecular complexity index is 501. The lowest BCUT2D eigenvalue weighted by Gasteiger charge is -2.11. The standard InChI is InChI=1S/C15H18ClNO2/c16-11(7-8-12-4-3-9-18-12)10-15-17-13-5-1-2-6-14(13)19-15/h1-2,5-6,11-12H,3-4,7-10H2. The zero-order valence-electron chi connectivity index (χ0n) is 10.8. The molecule has 1 fully saturated rings. The van der Waals surface area contributed by atoms with E-state index < -0.39 is 0 Å². The Morgan fingerprint density at radius 1 is 1.37 bits per heavy atom. The molecular weight excluding hydrogens is 262 g/mol. The molecule has 1 aliphatic heterocycles. The highest BCUT2D eigenvalue weighted by molar-refractivity contribution is 6.20. The van der Waals surface area contributed by atoms with Crippen LogP contribution in [0.2, 0.25) is 0 Å². The first-order valence-electron chi connectivity index (χ1n) is 6.91. The van der Waals surface area contributed by atoms with Crippen LogP contribution in [-0.4, -0.2) is 23.1 Å². The number of alkyl halides is 1. The van der Waals surface area contributed by atoms with Crippen LogP contribution in [0.1, 0.15) is 31.6 Å². The molecule has 4 heteroatoms. The molecule has 2 unspecified atom stereocenters. The van der Waals surface area contributed by atoms with Gasteiger partial charge in [0.15, 0.2) is 11.5 Å². The maximum atomic E-state index is 6.37. The molecule has 3 nitrogen and oxygen atoms in total. The van der Waals surface area contributed by atoms with Crippen molar-refractivity contribution in [2.45, 2.75) is 43.6 Å². The van der Waals surface area contributed by atoms with Crippen molar-refractivity contribution in [2.75, 3.05) is 6.61 Å². The Morgan fingerprint density at radius 2 is 2.26 bits per heavy atom. The Morgan fingerprint density at radius 3 is 3.05 bits per heavy atom. The number of rotatable bonds is 5. The summed E-state index contributed by atoms with van der Waals surface area (Å²) < 4.78 is 11.3. The molecule has 1 aromatic heterocycles. The van der Waals surface area contributed by atoms with E-state index in [0.717, 1.165) is 36.4 Å². The summed E-state index contributed by atoms with van der Waals surface area (Å²) >= 11 is 6.37. The monoisotopic (exact) mass is 279 g/mol. The molecule has 2 atom stereocenters. The molecule has 0 bridgehead atoms. The first kappa shape index (κ1) is 12.9. The lowest BCUT2D eigenvalue weighted by molar-refractivity contribution is 0.102. The molecule has 102 valence electrons. The Labute approximate surface area is 117 Å². The number of aromatic nitrogens is 1. The van der Waals surface area contributed by atoms with Crippen LogP contribution in [0.25, 0.3) is 11.1 Å². The number of hydrogen-bond donors (Lipinski definition) is 0. The fourth-order valence-corrected chi connectivity index (χ4v) is 2.80. The van der Waals surface area contributed by atoms with Gasteiger partial charge in [-0.05, 0) is 37.8 Å². The Hall–Kier alpha value is -1.06. The first-order chi connectivity index (χ1) is 9.31. The molecule has 0 radical (unpaired) electrons. The summed E-state index contributed by atoms with van der Waals surface area (Å²) in [6.07, 6.45) is 5.43. The minimum absolute atomic E-state index is 0.0669. The van der Waals surface area contributed by atoms with Gasteiger partial charge in [0.1, 0.15) is 5.52 Å². The second-order valence-electron chi connectivity index (χ2n) is 5.09. The molecule has 0 spiro atoms. The highest BCUT2D eigenvalue weighted by Crippen LogP contribution is 2.22. The number of benzene rings is 1. The lowest BCUT2D eigenvalue weighted by Crippen LogP contribution is -2.10. The third kappa shape index (κ3) is 3.28. The van der Waals surface area contributed by atoms with Crippen LogP contribution in [0.5, 0.6) is 0 Å². The van der Waals surface area contributed by atoms with E-state index in [0.29, 0.717) is 12.5 Å². The van der Waals surface area contributed by atoms with Crippen LogP contribution >= 0.6 is 11.6 Å². The Balaban J connectivity index is 1.54. The van der Waals surface area contributed by atoms with Crippen LogP contribution < -0.4 is 0 Å². The van der Waals surface area contributed by atoms with Gasteiger partial charge in [-0.2, -0.15) is 0 Å². The van der Waals surface area contributed by atoms with Gasteiger partial charge in [0.05, 0.1) is 6.10 Å². The van der Waals surface area contributed by atoms with Gasteiger partial charge >= 0.3 is 0 Å². The van der Waals surface area contributed by atoms with E-state index >= 15 is 0 Å².